The molecule has 0 aliphatic rings. The Hall–Kier alpha value is -3.04. The zero-order valence-corrected chi connectivity index (χ0v) is 14.4. The van der Waals surface area contributed by atoms with Gasteiger partial charge in [0.1, 0.15) is 17.3 Å². The van der Waals surface area contributed by atoms with E-state index in [1.54, 1.807) is 13.8 Å². The standard InChI is InChI=1S/C17H15F4N5O/c1-3-15(11-5-4-10(6-12(11)18)17(19,20)21)26-8-14(24-25-26)13-7-16(27)23-9(2)22-13/h4-8,15H,3H2,1-2H3,(H,22,23,27)/t15-/m1/s1. The van der Waals surface area contributed by atoms with Crippen LogP contribution in [-0.2, 0) is 6.18 Å². The number of aryl methyl sites for hydroxylation is 1. The van der Waals surface area contributed by atoms with E-state index in [-0.39, 0.29) is 11.1 Å². The summed E-state index contributed by atoms with van der Waals surface area (Å²) in [6.07, 6.45) is -2.77. The van der Waals surface area contributed by atoms with Crippen LogP contribution in [0.2, 0.25) is 0 Å². The zero-order valence-electron chi connectivity index (χ0n) is 14.4. The lowest BCUT2D eigenvalue weighted by Gasteiger charge is -2.17. The highest BCUT2D eigenvalue weighted by Crippen LogP contribution is 2.33. The Labute approximate surface area is 150 Å². The van der Waals surface area contributed by atoms with Crippen LogP contribution in [-0.4, -0.2) is 25.0 Å². The summed E-state index contributed by atoms with van der Waals surface area (Å²) in [6, 6.07) is 3.00. The molecule has 1 atom stereocenters. The highest BCUT2D eigenvalue weighted by molar-refractivity contribution is 5.51. The summed E-state index contributed by atoms with van der Waals surface area (Å²) in [5.41, 5.74) is -0.744. The van der Waals surface area contributed by atoms with Crippen molar-refractivity contribution in [3.05, 3.63) is 63.6 Å². The fourth-order valence-corrected chi connectivity index (χ4v) is 2.78. The fourth-order valence-electron chi connectivity index (χ4n) is 2.78. The van der Waals surface area contributed by atoms with Crippen molar-refractivity contribution in [3.63, 3.8) is 0 Å². The van der Waals surface area contributed by atoms with Crippen molar-refractivity contribution in [2.24, 2.45) is 0 Å². The highest BCUT2D eigenvalue weighted by Gasteiger charge is 2.32. The van der Waals surface area contributed by atoms with E-state index in [0.717, 1.165) is 12.1 Å². The van der Waals surface area contributed by atoms with Gasteiger partial charge >= 0.3 is 6.18 Å². The molecule has 0 bridgehead atoms. The van der Waals surface area contributed by atoms with Gasteiger partial charge in [0, 0.05) is 11.6 Å². The average Bonchev–Trinajstić information content (AvgIpc) is 3.05. The molecule has 2 heterocycles. The SMILES string of the molecule is CC[C@H](c1ccc(C(F)(F)F)cc1F)n1cc(-c2cc(=O)[nH]c(C)n2)nn1. The van der Waals surface area contributed by atoms with Gasteiger partial charge in [0.05, 0.1) is 23.5 Å². The zero-order chi connectivity index (χ0) is 19.8. The Morgan fingerprint density at radius 2 is 1.96 bits per heavy atom. The minimum Gasteiger partial charge on any atom is -0.311 e. The summed E-state index contributed by atoms with van der Waals surface area (Å²) in [4.78, 5) is 18.2. The lowest BCUT2D eigenvalue weighted by Crippen LogP contribution is -2.14. The lowest BCUT2D eigenvalue weighted by molar-refractivity contribution is -0.137. The number of H-pyrrole nitrogens is 1. The Bertz CT molecular complexity index is 1020. The summed E-state index contributed by atoms with van der Waals surface area (Å²) in [7, 11) is 0. The average molecular weight is 381 g/mol. The maximum absolute atomic E-state index is 14.3. The number of hydrogen-bond acceptors (Lipinski definition) is 4. The van der Waals surface area contributed by atoms with E-state index in [2.05, 4.69) is 20.3 Å². The number of aromatic amines is 1. The maximum Gasteiger partial charge on any atom is 0.416 e. The Morgan fingerprint density at radius 3 is 2.56 bits per heavy atom. The molecule has 0 spiro atoms. The van der Waals surface area contributed by atoms with Gasteiger partial charge in [0.25, 0.3) is 5.56 Å². The molecular weight excluding hydrogens is 366 g/mol. The predicted octanol–water partition coefficient (Wildman–Crippen LogP) is 3.49. The molecule has 0 saturated heterocycles. The van der Waals surface area contributed by atoms with E-state index in [4.69, 9.17) is 0 Å². The van der Waals surface area contributed by atoms with Gasteiger partial charge in [0.2, 0.25) is 0 Å². The van der Waals surface area contributed by atoms with Gasteiger partial charge in [-0.3, -0.25) is 4.79 Å². The molecule has 0 amide bonds. The topological polar surface area (TPSA) is 76.5 Å². The van der Waals surface area contributed by atoms with Crippen molar-refractivity contribution >= 4 is 0 Å². The van der Waals surface area contributed by atoms with E-state index < -0.39 is 23.6 Å². The number of halogens is 4. The number of nitrogens with one attached hydrogen (secondary N) is 1. The fraction of sp³-hybridized carbons (Fsp3) is 0.294. The molecule has 1 N–H and O–H groups in total. The smallest absolute Gasteiger partial charge is 0.311 e. The van der Waals surface area contributed by atoms with Crippen molar-refractivity contribution in [2.75, 3.05) is 0 Å². The Morgan fingerprint density at radius 1 is 1.22 bits per heavy atom. The van der Waals surface area contributed by atoms with Gasteiger partial charge in [0.15, 0.2) is 0 Å². The molecule has 6 nitrogen and oxygen atoms in total. The molecule has 2 aromatic heterocycles. The summed E-state index contributed by atoms with van der Waals surface area (Å²) < 4.78 is 53.9. The van der Waals surface area contributed by atoms with Crippen LogP contribution < -0.4 is 5.56 Å². The molecule has 27 heavy (non-hydrogen) atoms. The molecule has 0 saturated carbocycles. The van der Waals surface area contributed by atoms with Gasteiger partial charge in [-0.15, -0.1) is 5.10 Å². The summed E-state index contributed by atoms with van der Waals surface area (Å²) >= 11 is 0. The number of rotatable bonds is 4. The molecule has 1 aromatic carbocycles. The first-order chi connectivity index (χ1) is 12.7. The largest absolute Gasteiger partial charge is 0.416 e. The van der Waals surface area contributed by atoms with Crippen LogP contribution in [0.4, 0.5) is 17.6 Å². The molecule has 0 aliphatic carbocycles. The number of hydrogen-bond donors (Lipinski definition) is 1. The minimum absolute atomic E-state index is 0.0667. The molecule has 3 aromatic rings. The number of alkyl halides is 3. The second-order valence-electron chi connectivity index (χ2n) is 5.96. The molecule has 0 unspecified atom stereocenters. The van der Waals surface area contributed by atoms with Crippen LogP contribution >= 0.6 is 0 Å². The van der Waals surface area contributed by atoms with Gasteiger partial charge in [-0.2, -0.15) is 13.2 Å². The molecule has 0 radical (unpaired) electrons. The molecule has 3 rings (SSSR count). The molecule has 10 heteroatoms. The predicted molar refractivity (Wildman–Crippen MR) is 88.4 cm³/mol. The number of nitrogens with zero attached hydrogens (tertiary/aromatic N) is 4. The van der Waals surface area contributed by atoms with Gasteiger partial charge in [-0.1, -0.05) is 18.2 Å². The van der Waals surface area contributed by atoms with Gasteiger partial charge in [-0.05, 0) is 25.5 Å². The quantitative estimate of drug-likeness (QED) is 0.702. The van der Waals surface area contributed by atoms with Crippen LogP contribution in [0.25, 0.3) is 11.4 Å². The maximum atomic E-state index is 14.3. The van der Waals surface area contributed by atoms with Crippen molar-refractivity contribution < 1.29 is 17.6 Å². The van der Waals surface area contributed by atoms with Crippen LogP contribution in [0.1, 0.15) is 36.3 Å². The number of benzene rings is 1. The van der Waals surface area contributed by atoms with Crippen molar-refractivity contribution in [2.45, 2.75) is 32.5 Å². The first-order valence-corrected chi connectivity index (χ1v) is 8.06. The minimum atomic E-state index is -4.62. The van der Waals surface area contributed by atoms with Crippen LogP contribution in [0.3, 0.4) is 0 Å². The molecular formula is C17H15F4N5O. The van der Waals surface area contributed by atoms with Crippen LogP contribution in [0.15, 0.2) is 35.3 Å². The van der Waals surface area contributed by atoms with Gasteiger partial charge < -0.3 is 4.98 Å². The summed E-state index contributed by atoms with van der Waals surface area (Å²) in [6.45, 7) is 3.36. The summed E-state index contributed by atoms with van der Waals surface area (Å²) in [5, 5.41) is 7.88. The third kappa shape index (κ3) is 3.88. The second-order valence-corrected chi connectivity index (χ2v) is 5.96. The van der Waals surface area contributed by atoms with Crippen LogP contribution in [0.5, 0.6) is 0 Å². The Kier molecular flexibility index (Phi) is 4.81. The van der Waals surface area contributed by atoms with E-state index >= 15 is 0 Å². The highest BCUT2D eigenvalue weighted by atomic mass is 19.4. The van der Waals surface area contributed by atoms with E-state index in [1.165, 1.54) is 16.9 Å². The molecule has 142 valence electrons. The third-order valence-electron chi connectivity index (χ3n) is 4.03. The van der Waals surface area contributed by atoms with Crippen LogP contribution in [0, 0.1) is 12.7 Å². The first-order valence-electron chi connectivity index (χ1n) is 8.06. The van der Waals surface area contributed by atoms with E-state index in [1.807, 2.05) is 0 Å². The van der Waals surface area contributed by atoms with Crippen molar-refractivity contribution in [1.82, 2.24) is 25.0 Å². The second kappa shape index (κ2) is 6.93. The van der Waals surface area contributed by atoms with Crippen molar-refractivity contribution in [3.8, 4) is 11.4 Å². The normalized spacial score (nSPS) is 13.0. The van der Waals surface area contributed by atoms with E-state index in [0.29, 0.717) is 29.7 Å². The Balaban J connectivity index is 1.98. The van der Waals surface area contributed by atoms with Gasteiger partial charge in [-0.25, -0.2) is 14.1 Å². The third-order valence-corrected chi connectivity index (χ3v) is 4.03. The van der Waals surface area contributed by atoms with E-state index in [9.17, 15) is 22.4 Å². The molecule has 0 aliphatic heterocycles. The lowest BCUT2D eigenvalue weighted by atomic mass is 10.0. The first kappa shape index (κ1) is 18.7. The molecule has 0 fully saturated rings. The monoisotopic (exact) mass is 381 g/mol. The van der Waals surface area contributed by atoms with Crippen molar-refractivity contribution in [1.29, 1.82) is 0 Å². The summed E-state index contributed by atoms with van der Waals surface area (Å²) in [5.74, 6) is -0.577. The number of aromatic nitrogens is 5.